The zero-order valence-corrected chi connectivity index (χ0v) is 12.0. The fourth-order valence-corrected chi connectivity index (χ4v) is 2.31. The second-order valence-electron chi connectivity index (χ2n) is 5.29. The van der Waals surface area contributed by atoms with Gasteiger partial charge in [0, 0.05) is 10.7 Å². The van der Waals surface area contributed by atoms with Crippen molar-refractivity contribution in [3.8, 4) is 0 Å². The molecule has 4 heteroatoms. The van der Waals surface area contributed by atoms with E-state index in [2.05, 4.69) is 25.9 Å². The van der Waals surface area contributed by atoms with Gasteiger partial charge in [-0.05, 0) is 24.5 Å². The summed E-state index contributed by atoms with van der Waals surface area (Å²) in [5, 5.41) is 12.4. The van der Waals surface area contributed by atoms with Gasteiger partial charge < -0.3 is 10.9 Å². The highest BCUT2D eigenvalue weighted by atomic mass is 32.2. The maximum Gasteiger partial charge on any atom is 0.144 e. The van der Waals surface area contributed by atoms with Crippen molar-refractivity contribution in [2.24, 2.45) is 22.2 Å². The average molecular weight is 246 g/mol. The van der Waals surface area contributed by atoms with Crippen LogP contribution >= 0.6 is 11.8 Å². The average Bonchev–Trinajstić information content (AvgIpc) is 2.22. The summed E-state index contributed by atoms with van der Waals surface area (Å²) in [6, 6.07) is 0. The van der Waals surface area contributed by atoms with Crippen LogP contribution in [0.4, 0.5) is 0 Å². The molecule has 96 valence electrons. The number of nitrogens with two attached hydrogens (primary N) is 1. The van der Waals surface area contributed by atoms with Gasteiger partial charge in [0.25, 0.3) is 0 Å². The van der Waals surface area contributed by atoms with E-state index in [0.29, 0.717) is 11.1 Å². The van der Waals surface area contributed by atoms with E-state index in [1.165, 1.54) is 0 Å². The van der Waals surface area contributed by atoms with Gasteiger partial charge in [0.05, 0.1) is 0 Å². The van der Waals surface area contributed by atoms with Gasteiger partial charge in [-0.3, -0.25) is 0 Å². The first-order chi connectivity index (χ1) is 7.31. The highest BCUT2D eigenvalue weighted by Gasteiger charge is 2.22. The first-order valence-corrected chi connectivity index (χ1v) is 6.95. The second kappa shape index (κ2) is 7.05. The Balaban J connectivity index is 3.82. The Morgan fingerprint density at radius 1 is 1.38 bits per heavy atom. The summed E-state index contributed by atoms with van der Waals surface area (Å²) >= 11 is 2.00. The number of rotatable bonds is 7. The van der Waals surface area contributed by atoms with Crippen LogP contribution in [-0.4, -0.2) is 22.0 Å². The van der Waals surface area contributed by atoms with Crippen LogP contribution in [0.5, 0.6) is 0 Å². The summed E-state index contributed by atoms with van der Waals surface area (Å²) in [6.45, 7) is 10.8. The van der Waals surface area contributed by atoms with Gasteiger partial charge in [0.15, 0.2) is 0 Å². The Morgan fingerprint density at radius 2 is 1.94 bits per heavy atom. The summed E-state index contributed by atoms with van der Waals surface area (Å²) in [6.07, 6.45) is 2.06. The Morgan fingerprint density at radius 3 is 2.38 bits per heavy atom. The van der Waals surface area contributed by atoms with Gasteiger partial charge in [-0.15, -0.1) is 0 Å². The second-order valence-corrected chi connectivity index (χ2v) is 6.78. The summed E-state index contributed by atoms with van der Waals surface area (Å²) in [7, 11) is 0. The summed E-state index contributed by atoms with van der Waals surface area (Å²) in [5.74, 6) is 2.19. The minimum absolute atomic E-state index is 0.198. The van der Waals surface area contributed by atoms with Crippen LogP contribution < -0.4 is 5.73 Å². The first kappa shape index (κ1) is 15.6. The van der Waals surface area contributed by atoms with Crippen molar-refractivity contribution in [1.82, 2.24) is 0 Å². The number of hydrogen-bond donors (Lipinski definition) is 2. The molecule has 0 spiro atoms. The molecule has 0 aromatic rings. The normalized spacial score (nSPS) is 15.5. The van der Waals surface area contributed by atoms with Gasteiger partial charge in [-0.1, -0.05) is 39.8 Å². The molecule has 1 atom stereocenters. The Labute approximate surface area is 104 Å². The summed E-state index contributed by atoms with van der Waals surface area (Å²) < 4.78 is 0. The van der Waals surface area contributed by atoms with E-state index in [-0.39, 0.29) is 5.41 Å². The molecular weight excluding hydrogens is 220 g/mol. The van der Waals surface area contributed by atoms with Crippen molar-refractivity contribution in [2.45, 2.75) is 52.7 Å². The molecule has 0 aliphatic carbocycles. The molecular formula is C12H26N2OS. The first-order valence-electron chi connectivity index (χ1n) is 5.91. The third-order valence-corrected chi connectivity index (χ3v) is 4.66. The Hall–Kier alpha value is -0.380. The number of thioether (sulfide) groups is 1. The maximum atomic E-state index is 8.65. The van der Waals surface area contributed by atoms with Crippen LogP contribution in [0.15, 0.2) is 5.16 Å². The lowest BCUT2D eigenvalue weighted by Crippen LogP contribution is -2.32. The monoisotopic (exact) mass is 246 g/mol. The third kappa shape index (κ3) is 5.64. The molecule has 0 heterocycles. The van der Waals surface area contributed by atoms with E-state index in [9.17, 15) is 0 Å². The quantitative estimate of drug-likeness (QED) is 0.238. The molecule has 3 N–H and O–H groups in total. The van der Waals surface area contributed by atoms with Gasteiger partial charge in [0.1, 0.15) is 5.84 Å². The van der Waals surface area contributed by atoms with Gasteiger partial charge in [-0.2, -0.15) is 11.8 Å². The minimum atomic E-state index is -0.198. The Bertz CT molecular complexity index is 227. The molecule has 0 saturated carbocycles. The molecule has 0 aromatic heterocycles. The molecule has 0 radical (unpaired) electrons. The van der Waals surface area contributed by atoms with E-state index in [0.717, 1.165) is 24.5 Å². The lowest BCUT2D eigenvalue weighted by Gasteiger charge is -2.23. The highest BCUT2D eigenvalue weighted by molar-refractivity contribution is 7.99. The van der Waals surface area contributed by atoms with Crippen LogP contribution in [0.2, 0.25) is 0 Å². The number of oxime groups is 1. The fourth-order valence-electron chi connectivity index (χ4n) is 1.24. The molecule has 0 bridgehead atoms. The zero-order valence-electron chi connectivity index (χ0n) is 11.2. The number of amidine groups is 1. The molecule has 0 rings (SSSR count). The van der Waals surface area contributed by atoms with Crippen molar-refractivity contribution in [1.29, 1.82) is 0 Å². The number of hydrogen-bond acceptors (Lipinski definition) is 3. The van der Waals surface area contributed by atoms with E-state index < -0.39 is 0 Å². The minimum Gasteiger partial charge on any atom is -0.409 e. The third-order valence-electron chi connectivity index (χ3n) is 3.07. The van der Waals surface area contributed by atoms with E-state index >= 15 is 0 Å². The number of nitrogens with zero attached hydrogens (tertiary/aromatic N) is 1. The summed E-state index contributed by atoms with van der Waals surface area (Å²) in [5.41, 5.74) is 5.44. The molecule has 0 fully saturated rings. The van der Waals surface area contributed by atoms with E-state index in [1.54, 1.807) is 0 Å². The van der Waals surface area contributed by atoms with Crippen LogP contribution in [0, 0.1) is 11.3 Å². The van der Waals surface area contributed by atoms with Crippen molar-refractivity contribution in [2.75, 3.05) is 5.75 Å². The van der Waals surface area contributed by atoms with Gasteiger partial charge in [0.2, 0.25) is 0 Å². The molecule has 0 aromatic carbocycles. The van der Waals surface area contributed by atoms with Gasteiger partial charge in [-0.25, -0.2) is 0 Å². The lowest BCUT2D eigenvalue weighted by molar-refractivity contribution is 0.305. The standard InChI is InChI=1S/C12H26N2OS/c1-9(2)10(3)16-8-6-7-12(4,5)11(13)14-15/h9-10,15H,6-8H2,1-5H3,(H2,13,14). The fraction of sp³-hybridized carbons (Fsp3) is 0.917. The molecule has 16 heavy (non-hydrogen) atoms. The van der Waals surface area contributed by atoms with Gasteiger partial charge >= 0.3 is 0 Å². The molecule has 0 aliphatic heterocycles. The van der Waals surface area contributed by atoms with Crippen molar-refractivity contribution < 1.29 is 5.21 Å². The lowest BCUT2D eigenvalue weighted by atomic mass is 9.87. The molecule has 0 amide bonds. The Kier molecular flexibility index (Phi) is 6.88. The smallest absolute Gasteiger partial charge is 0.144 e. The van der Waals surface area contributed by atoms with Crippen LogP contribution in [0.3, 0.4) is 0 Å². The topological polar surface area (TPSA) is 58.6 Å². The SMILES string of the molecule is CC(C)C(C)SCCCC(C)(C)C(N)=NO. The predicted molar refractivity (Wildman–Crippen MR) is 73.2 cm³/mol. The van der Waals surface area contributed by atoms with Crippen molar-refractivity contribution in [3.63, 3.8) is 0 Å². The molecule has 3 nitrogen and oxygen atoms in total. The molecule has 0 aliphatic rings. The van der Waals surface area contributed by atoms with Crippen LogP contribution in [0.25, 0.3) is 0 Å². The van der Waals surface area contributed by atoms with Crippen molar-refractivity contribution in [3.05, 3.63) is 0 Å². The van der Waals surface area contributed by atoms with Crippen LogP contribution in [0.1, 0.15) is 47.5 Å². The van der Waals surface area contributed by atoms with Crippen molar-refractivity contribution >= 4 is 17.6 Å². The van der Waals surface area contributed by atoms with E-state index in [1.807, 2.05) is 25.6 Å². The summed E-state index contributed by atoms with van der Waals surface area (Å²) in [4.78, 5) is 0. The van der Waals surface area contributed by atoms with Crippen LogP contribution in [-0.2, 0) is 0 Å². The highest BCUT2D eigenvalue weighted by Crippen LogP contribution is 2.26. The largest absolute Gasteiger partial charge is 0.409 e. The predicted octanol–water partition coefficient (Wildman–Crippen LogP) is 3.32. The molecule has 0 saturated heterocycles. The molecule has 1 unspecified atom stereocenters. The maximum absolute atomic E-state index is 8.65. The zero-order chi connectivity index (χ0) is 12.8. The van der Waals surface area contributed by atoms with E-state index in [4.69, 9.17) is 10.9 Å².